The fourth-order valence-corrected chi connectivity index (χ4v) is 4.06. The summed E-state index contributed by atoms with van der Waals surface area (Å²) in [5.74, 6) is 0.0512. The molecule has 3 aromatic rings. The Labute approximate surface area is 181 Å². The van der Waals surface area contributed by atoms with Crippen molar-refractivity contribution in [2.45, 2.75) is 12.8 Å². The Hall–Kier alpha value is -3.24. The molecule has 4 rings (SSSR count). The molecule has 1 amide bonds. The number of ether oxygens (including phenoxy) is 1. The maximum atomic E-state index is 12.2. The van der Waals surface area contributed by atoms with E-state index in [9.17, 15) is 4.79 Å². The molecular weight excluding hydrogens is 396 g/mol. The Morgan fingerprint density at radius 2 is 1.73 bits per heavy atom. The van der Waals surface area contributed by atoms with Crippen molar-refractivity contribution in [3.05, 3.63) is 94.0 Å². The molecule has 4 nitrogen and oxygen atoms in total. The van der Waals surface area contributed by atoms with Crippen molar-refractivity contribution >= 4 is 29.5 Å². The number of halogens is 1. The van der Waals surface area contributed by atoms with Crippen molar-refractivity contribution in [1.29, 1.82) is 0 Å². The molecule has 5 heteroatoms. The highest BCUT2D eigenvalue weighted by atomic mass is 35.5. The molecule has 0 aliphatic heterocycles. The lowest BCUT2D eigenvalue weighted by molar-refractivity contribution is 0.144. The molecule has 0 saturated heterocycles. The predicted molar refractivity (Wildman–Crippen MR) is 123 cm³/mol. The molecule has 3 N–H and O–H groups in total. The predicted octanol–water partition coefficient (Wildman–Crippen LogP) is 5.78. The lowest BCUT2D eigenvalue weighted by Gasteiger charge is -2.14. The van der Waals surface area contributed by atoms with E-state index in [1.807, 2.05) is 49.4 Å². The van der Waals surface area contributed by atoms with Crippen LogP contribution in [-0.4, -0.2) is 19.2 Å². The fourth-order valence-electron chi connectivity index (χ4n) is 3.82. The average Bonchev–Trinajstić information content (AvgIpc) is 3.07. The number of amides is 1. The van der Waals surface area contributed by atoms with Gasteiger partial charge in [0.15, 0.2) is 0 Å². The van der Waals surface area contributed by atoms with Crippen LogP contribution in [0.25, 0.3) is 17.2 Å². The van der Waals surface area contributed by atoms with Gasteiger partial charge in [0.2, 0.25) is 0 Å². The van der Waals surface area contributed by atoms with E-state index in [2.05, 4.69) is 29.6 Å². The first-order valence-electron chi connectivity index (χ1n) is 9.85. The van der Waals surface area contributed by atoms with Gasteiger partial charge in [-0.15, -0.1) is 0 Å². The summed E-state index contributed by atoms with van der Waals surface area (Å²) in [6, 6.07) is 20.2. The number of nitrogens with one attached hydrogen (secondary N) is 1. The van der Waals surface area contributed by atoms with Gasteiger partial charge in [0.1, 0.15) is 6.61 Å². The van der Waals surface area contributed by atoms with E-state index in [0.29, 0.717) is 23.9 Å². The number of carbonyl (C=O) groups excluding carboxylic acids is 1. The molecule has 0 radical (unpaired) electrons. The minimum absolute atomic E-state index is 0.0512. The van der Waals surface area contributed by atoms with Gasteiger partial charge in [0, 0.05) is 23.2 Å². The number of hydrogen-bond donors (Lipinski definition) is 2. The number of carbonyl (C=O) groups is 1. The van der Waals surface area contributed by atoms with Crippen LogP contribution < -0.4 is 11.1 Å². The standard InChI is InChI=1S/C25H23ClN2O2/c1-16-13-17(23(26)14-24(16)27)7-6-12-28-25(29)30-15-22-20-10-4-2-8-18(20)19-9-3-5-11-21(19)22/h2-11,13-14,22H,12,15,27H2,1H3,(H,28,29). The van der Waals surface area contributed by atoms with Crippen molar-refractivity contribution in [2.75, 3.05) is 18.9 Å². The summed E-state index contributed by atoms with van der Waals surface area (Å²) >= 11 is 6.20. The molecule has 0 heterocycles. The zero-order valence-electron chi connectivity index (χ0n) is 16.7. The van der Waals surface area contributed by atoms with Crippen LogP contribution in [0, 0.1) is 6.92 Å². The second-order valence-electron chi connectivity index (χ2n) is 7.34. The molecule has 0 saturated carbocycles. The van der Waals surface area contributed by atoms with Crippen LogP contribution in [0.2, 0.25) is 5.02 Å². The number of anilines is 1. The third-order valence-corrected chi connectivity index (χ3v) is 5.72. The van der Waals surface area contributed by atoms with Crippen molar-refractivity contribution in [3.8, 4) is 11.1 Å². The number of aryl methyl sites for hydroxylation is 1. The molecule has 0 fully saturated rings. The van der Waals surface area contributed by atoms with Gasteiger partial charge in [-0.1, -0.05) is 72.3 Å². The molecule has 1 aliphatic carbocycles. The third kappa shape index (κ3) is 4.05. The smallest absolute Gasteiger partial charge is 0.407 e. The van der Waals surface area contributed by atoms with Gasteiger partial charge >= 0.3 is 6.09 Å². The van der Waals surface area contributed by atoms with E-state index in [1.54, 1.807) is 6.07 Å². The zero-order valence-corrected chi connectivity index (χ0v) is 17.4. The topological polar surface area (TPSA) is 64.3 Å². The molecule has 0 bridgehead atoms. The monoisotopic (exact) mass is 418 g/mol. The van der Waals surface area contributed by atoms with Crippen LogP contribution in [0.5, 0.6) is 0 Å². The highest BCUT2D eigenvalue weighted by Gasteiger charge is 2.28. The quantitative estimate of drug-likeness (QED) is 0.516. The minimum Gasteiger partial charge on any atom is -0.449 e. The van der Waals surface area contributed by atoms with Gasteiger partial charge in [-0.25, -0.2) is 4.79 Å². The Morgan fingerprint density at radius 3 is 2.40 bits per heavy atom. The number of hydrogen-bond acceptors (Lipinski definition) is 3. The highest BCUT2D eigenvalue weighted by Crippen LogP contribution is 2.44. The normalized spacial score (nSPS) is 12.6. The molecule has 1 aliphatic rings. The van der Waals surface area contributed by atoms with Crippen LogP contribution in [0.3, 0.4) is 0 Å². The Morgan fingerprint density at radius 1 is 1.10 bits per heavy atom. The maximum Gasteiger partial charge on any atom is 0.407 e. The molecule has 30 heavy (non-hydrogen) atoms. The average molecular weight is 419 g/mol. The first kappa shape index (κ1) is 20.0. The van der Waals surface area contributed by atoms with Crippen LogP contribution >= 0.6 is 11.6 Å². The number of fused-ring (bicyclic) bond motifs is 3. The third-order valence-electron chi connectivity index (χ3n) is 5.39. The highest BCUT2D eigenvalue weighted by molar-refractivity contribution is 6.32. The number of rotatable bonds is 5. The molecule has 0 unspecified atom stereocenters. The van der Waals surface area contributed by atoms with Gasteiger partial charge < -0.3 is 15.8 Å². The summed E-state index contributed by atoms with van der Waals surface area (Å²) in [4.78, 5) is 12.2. The van der Waals surface area contributed by atoms with Gasteiger partial charge in [0.25, 0.3) is 0 Å². The molecular formula is C25H23ClN2O2. The number of benzene rings is 3. The molecule has 0 atom stereocenters. The van der Waals surface area contributed by atoms with Crippen molar-refractivity contribution in [2.24, 2.45) is 0 Å². The summed E-state index contributed by atoms with van der Waals surface area (Å²) in [6.45, 7) is 2.57. The van der Waals surface area contributed by atoms with Crippen molar-refractivity contribution in [3.63, 3.8) is 0 Å². The van der Waals surface area contributed by atoms with E-state index >= 15 is 0 Å². The van der Waals surface area contributed by atoms with E-state index in [0.717, 1.165) is 11.1 Å². The largest absolute Gasteiger partial charge is 0.449 e. The second kappa shape index (κ2) is 8.64. The van der Waals surface area contributed by atoms with Gasteiger partial charge in [0.05, 0.1) is 0 Å². The fraction of sp³-hybridized carbons (Fsp3) is 0.160. The SMILES string of the molecule is Cc1cc(C=CCNC(=O)OCC2c3ccccc3-c3ccccc32)c(Cl)cc1N. The summed E-state index contributed by atoms with van der Waals surface area (Å²) in [5, 5.41) is 3.33. The van der Waals surface area contributed by atoms with Crippen LogP contribution in [-0.2, 0) is 4.74 Å². The van der Waals surface area contributed by atoms with E-state index in [4.69, 9.17) is 22.1 Å². The second-order valence-corrected chi connectivity index (χ2v) is 7.75. The van der Waals surface area contributed by atoms with Crippen LogP contribution in [0.1, 0.15) is 28.2 Å². The summed E-state index contributed by atoms with van der Waals surface area (Å²) in [7, 11) is 0. The molecule has 0 spiro atoms. The summed E-state index contributed by atoms with van der Waals surface area (Å²) < 4.78 is 5.52. The van der Waals surface area contributed by atoms with E-state index in [1.165, 1.54) is 22.3 Å². The lowest BCUT2D eigenvalue weighted by Crippen LogP contribution is -2.26. The molecule has 0 aromatic heterocycles. The lowest BCUT2D eigenvalue weighted by atomic mass is 9.98. The van der Waals surface area contributed by atoms with Crippen LogP contribution in [0.15, 0.2) is 66.7 Å². The number of nitrogen functional groups attached to an aromatic ring is 1. The first-order valence-corrected chi connectivity index (χ1v) is 10.2. The number of alkyl carbamates (subject to hydrolysis) is 1. The minimum atomic E-state index is -0.443. The van der Waals surface area contributed by atoms with Crippen LogP contribution in [0.4, 0.5) is 10.5 Å². The Balaban J connectivity index is 1.34. The van der Waals surface area contributed by atoms with E-state index in [-0.39, 0.29) is 5.92 Å². The Kier molecular flexibility index (Phi) is 5.77. The van der Waals surface area contributed by atoms with Crippen molar-refractivity contribution < 1.29 is 9.53 Å². The Bertz CT molecular complexity index is 1080. The van der Waals surface area contributed by atoms with Gasteiger partial charge in [-0.05, 0) is 52.4 Å². The summed E-state index contributed by atoms with van der Waals surface area (Å²) in [5.41, 5.74) is 13.1. The zero-order chi connectivity index (χ0) is 21.1. The maximum absolute atomic E-state index is 12.2. The summed E-state index contributed by atoms with van der Waals surface area (Å²) in [6.07, 6.45) is 3.25. The molecule has 152 valence electrons. The first-order chi connectivity index (χ1) is 14.5. The van der Waals surface area contributed by atoms with Crippen molar-refractivity contribution in [1.82, 2.24) is 5.32 Å². The van der Waals surface area contributed by atoms with E-state index < -0.39 is 6.09 Å². The van der Waals surface area contributed by atoms with Gasteiger partial charge in [-0.2, -0.15) is 0 Å². The van der Waals surface area contributed by atoms with Gasteiger partial charge in [-0.3, -0.25) is 0 Å². The number of nitrogens with two attached hydrogens (primary N) is 1. The molecule has 3 aromatic carbocycles.